The van der Waals surface area contributed by atoms with Crippen LogP contribution in [0.15, 0.2) is 30.3 Å². The van der Waals surface area contributed by atoms with Gasteiger partial charge in [-0.2, -0.15) is 4.98 Å². The van der Waals surface area contributed by atoms with Gasteiger partial charge in [0.1, 0.15) is 15.5 Å². The number of hydrogen-bond donors (Lipinski definition) is 0. The number of aromatic nitrogens is 2. The summed E-state index contributed by atoms with van der Waals surface area (Å²) >= 11 is 7.44. The van der Waals surface area contributed by atoms with Crippen LogP contribution in [0, 0.1) is 6.92 Å². The third-order valence-corrected chi connectivity index (χ3v) is 5.18. The molecule has 0 spiro atoms. The Labute approximate surface area is 155 Å². The summed E-state index contributed by atoms with van der Waals surface area (Å²) in [5, 5.41) is 0.997. The molecule has 0 bridgehead atoms. The van der Waals surface area contributed by atoms with E-state index >= 15 is 0 Å². The topological polar surface area (TPSA) is 55.3 Å². The van der Waals surface area contributed by atoms with E-state index in [4.69, 9.17) is 16.3 Å². The van der Waals surface area contributed by atoms with Crippen molar-refractivity contribution in [2.75, 3.05) is 18.1 Å². The van der Waals surface area contributed by atoms with Crippen LogP contribution in [-0.2, 0) is 4.74 Å². The van der Waals surface area contributed by atoms with E-state index < -0.39 is 0 Å². The standard InChI is InChI=1S/C18H18ClN3O2S/c1-4-22(12-9-7-6-8-10-12)15-13-11(3)14(17(23)24-5-2)25-16(13)21-18(19)20-15/h6-10H,4-5H2,1-3H3. The number of para-hydroxylation sites is 1. The molecule has 130 valence electrons. The first kappa shape index (κ1) is 17.6. The molecule has 0 N–H and O–H groups in total. The predicted octanol–water partition coefficient (Wildman–Crippen LogP) is 4.99. The van der Waals surface area contributed by atoms with Crippen molar-refractivity contribution in [2.45, 2.75) is 20.8 Å². The minimum Gasteiger partial charge on any atom is -0.462 e. The molecule has 0 atom stereocenters. The zero-order valence-corrected chi connectivity index (χ0v) is 15.8. The number of hydrogen-bond acceptors (Lipinski definition) is 6. The van der Waals surface area contributed by atoms with Gasteiger partial charge in [0, 0.05) is 12.2 Å². The molecule has 0 saturated carbocycles. The van der Waals surface area contributed by atoms with Gasteiger partial charge in [-0.15, -0.1) is 11.3 Å². The van der Waals surface area contributed by atoms with E-state index in [9.17, 15) is 4.79 Å². The Morgan fingerprint density at radius 1 is 1.24 bits per heavy atom. The number of aryl methyl sites for hydroxylation is 1. The molecular weight excluding hydrogens is 358 g/mol. The van der Waals surface area contributed by atoms with Gasteiger partial charge in [0.05, 0.1) is 12.0 Å². The molecule has 0 aliphatic carbocycles. The predicted molar refractivity (Wildman–Crippen MR) is 102 cm³/mol. The maximum Gasteiger partial charge on any atom is 0.348 e. The number of benzene rings is 1. The van der Waals surface area contributed by atoms with E-state index in [2.05, 4.69) is 14.9 Å². The second kappa shape index (κ2) is 7.37. The van der Waals surface area contributed by atoms with Crippen molar-refractivity contribution in [2.24, 2.45) is 0 Å². The largest absolute Gasteiger partial charge is 0.462 e. The first-order chi connectivity index (χ1) is 12.1. The Balaban J connectivity index is 2.22. The first-order valence-corrected chi connectivity index (χ1v) is 9.22. The van der Waals surface area contributed by atoms with Crippen molar-refractivity contribution in [3.05, 3.63) is 46.1 Å². The number of halogens is 1. The second-order valence-corrected chi connectivity index (χ2v) is 6.69. The highest BCUT2D eigenvalue weighted by Gasteiger charge is 2.23. The number of esters is 1. The average molecular weight is 376 g/mol. The number of ether oxygens (including phenoxy) is 1. The summed E-state index contributed by atoms with van der Waals surface area (Å²) in [5.41, 5.74) is 1.82. The minimum atomic E-state index is -0.340. The zero-order valence-electron chi connectivity index (χ0n) is 14.2. The van der Waals surface area contributed by atoms with Crippen molar-refractivity contribution >= 4 is 50.6 Å². The molecule has 0 fully saturated rings. The van der Waals surface area contributed by atoms with E-state index in [1.54, 1.807) is 6.92 Å². The first-order valence-electron chi connectivity index (χ1n) is 8.03. The molecule has 3 aromatic rings. The monoisotopic (exact) mass is 375 g/mol. The molecule has 0 unspecified atom stereocenters. The van der Waals surface area contributed by atoms with Crippen molar-refractivity contribution in [3.8, 4) is 0 Å². The summed E-state index contributed by atoms with van der Waals surface area (Å²) in [6.07, 6.45) is 0. The number of rotatable bonds is 5. The number of carbonyl (C=O) groups is 1. The molecule has 2 heterocycles. The Morgan fingerprint density at radius 3 is 2.60 bits per heavy atom. The normalized spacial score (nSPS) is 10.9. The van der Waals surface area contributed by atoms with E-state index in [1.807, 2.05) is 44.2 Å². The minimum absolute atomic E-state index is 0.161. The maximum absolute atomic E-state index is 12.2. The highest BCUT2D eigenvalue weighted by Crippen LogP contribution is 2.38. The van der Waals surface area contributed by atoms with Crippen LogP contribution < -0.4 is 4.90 Å². The number of anilines is 2. The lowest BCUT2D eigenvalue weighted by Gasteiger charge is -2.23. The quantitative estimate of drug-likeness (QED) is 0.464. The van der Waals surface area contributed by atoms with Crippen LogP contribution >= 0.6 is 22.9 Å². The SMILES string of the molecule is CCOC(=O)c1sc2nc(Cl)nc(N(CC)c3ccccc3)c2c1C. The number of thiophene rings is 1. The van der Waals surface area contributed by atoms with Crippen LogP contribution in [0.2, 0.25) is 5.28 Å². The summed E-state index contributed by atoms with van der Waals surface area (Å²) < 4.78 is 5.16. The third-order valence-electron chi connectivity index (χ3n) is 3.84. The highest BCUT2D eigenvalue weighted by atomic mass is 35.5. The van der Waals surface area contributed by atoms with Crippen LogP contribution in [0.1, 0.15) is 29.1 Å². The molecule has 0 saturated heterocycles. The van der Waals surface area contributed by atoms with Crippen LogP contribution in [-0.4, -0.2) is 29.1 Å². The molecule has 3 rings (SSSR count). The second-order valence-electron chi connectivity index (χ2n) is 5.35. The van der Waals surface area contributed by atoms with Gasteiger partial charge >= 0.3 is 5.97 Å². The van der Waals surface area contributed by atoms with Gasteiger partial charge < -0.3 is 9.64 Å². The third kappa shape index (κ3) is 3.32. The molecule has 0 aliphatic heterocycles. The fourth-order valence-electron chi connectivity index (χ4n) is 2.74. The Kier molecular flexibility index (Phi) is 5.20. The van der Waals surface area contributed by atoms with Gasteiger partial charge in [-0.05, 0) is 50.1 Å². The van der Waals surface area contributed by atoms with E-state index in [0.717, 1.165) is 16.6 Å². The molecule has 1 aromatic carbocycles. The Hall–Kier alpha value is -2.18. The van der Waals surface area contributed by atoms with E-state index in [1.165, 1.54) is 11.3 Å². The van der Waals surface area contributed by atoms with Gasteiger partial charge in [-0.1, -0.05) is 18.2 Å². The lowest BCUT2D eigenvalue weighted by Crippen LogP contribution is -2.18. The zero-order chi connectivity index (χ0) is 18.0. The van der Waals surface area contributed by atoms with Gasteiger partial charge in [-0.25, -0.2) is 9.78 Å². The molecule has 0 radical (unpaired) electrons. The van der Waals surface area contributed by atoms with Gasteiger partial charge in [0.2, 0.25) is 5.28 Å². The van der Waals surface area contributed by atoms with Crippen molar-refractivity contribution < 1.29 is 9.53 Å². The van der Waals surface area contributed by atoms with Gasteiger partial charge in [0.25, 0.3) is 0 Å². The number of carbonyl (C=O) groups excluding carboxylic acids is 1. The molecule has 7 heteroatoms. The lowest BCUT2D eigenvalue weighted by atomic mass is 10.2. The average Bonchev–Trinajstić information content (AvgIpc) is 2.93. The summed E-state index contributed by atoms with van der Waals surface area (Å²) in [6.45, 7) is 6.76. The van der Waals surface area contributed by atoms with Crippen molar-refractivity contribution in [1.29, 1.82) is 0 Å². The lowest BCUT2D eigenvalue weighted by molar-refractivity contribution is 0.0531. The number of fused-ring (bicyclic) bond motifs is 1. The van der Waals surface area contributed by atoms with Crippen molar-refractivity contribution in [3.63, 3.8) is 0 Å². The van der Waals surface area contributed by atoms with Crippen LogP contribution in [0.4, 0.5) is 11.5 Å². The molecule has 0 amide bonds. The smallest absolute Gasteiger partial charge is 0.348 e. The Morgan fingerprint density at radius 2 is 1.96 bits per heavy atom. The van der Waals surface area contributed by atoms with E-state index in [-0.39, 0.29) is 11.3 Å². The summed E-state index contributed by atoms with van der Waals surface area (Å²) in [4.78, 5) is 24.3. The maximum atomic E-state index is 12.2. The molecular formula is C18H18ClN3O2S. The summed E-state index contributed by atoms with van der Waals surface area (Å²) in [6, 6.07) is 9.94. The fourth-order valence-corrected chi connectivity index (χ4v) is 4.03. The molecule has 2 aromatic heterocycles. The van der Waals surface area contributed by atoms with Crippen LogP contribution in [0.5, 0.6) is 0 Å². The van der Waals surface area contributed by atoms with Crippen LogP contribution in [0.25, 0.3) is 10.2 Å². The van der Waals surface area contributed by atoms with Gasteiger partial charge in [0.15, 0.2) is 0 Å². The summed E-state index contributed by atoms with van der Waals surface area (Å²) in [5.74, 6) is 0.362. The Bertz CT molecular complexity index is 912. The molecule has 25 heavy (non-hydrogen) atoms. The highest BCUT2D eigenvalue weighted by molar-refractivity contribution is 7.20. The van der Waals surface area contributed by atoms with Crippen LogP contribution in [0.3, 0.4) is 0 Å². The van der Waals surface area contributed by atoms with Crippen molar-refractivity contribution in [1.82, 2.24) is 9.97 Å². The summed E-state index contributed by atoms with van der Waals surface area (Å²) in [7, 11) is 0. The van der Waals surface area contributed by atoms with E-state index in [0.29, 0.717) is 28.7 Å². The number of nitrogens with zero attached hydrogens (tertiary/aromatic N) is 3. The van der Waals surface area contributed by atoms with Gasteiger partial charge in [-0.3, -0.25) is 0 Å². The fraction of sp³-hybridized carbons (Fsp3) is 0.278. The molecule has 0 aliphatic rings. The molecule has 5 nitrogen and oxygen atoms in total.